The third-order valence-corrected chi connectivity index (χ3v) is 2.68. The topological polar surface area (TPSA) is 42.6 Å². The van der Waals surface area contributed by atoms with Gasteiger partial charge in [0.1, 0.15) is 5.58 Å². The quantitative estimate of drug-likeness (QED) is 0.675. The van der Waals surface area contributed by atoms with Crippen molar-refractivity contribution in [3.8, 4) is 11.5 Å². The number of aromatic hydroxyl groups is 1. The Bertz CT molecular complexity index is 667. The van der Waals surface area contributed by atoms with Gasteiger partial charge >= 0.3 is 0 Å². The van der Waals surface area contributed by atoms with Gasteiger partial charge in [-0.15, -0.1) is 0 Å². The Balaban J connectivity index is 2.54. The molecule has 0 spiro atoms. The number of ether oxygens (including phenoxy) is 1. The van der Waals surface area contributed by atoms with E-state index in [1.165, 1.54) is 7.11 Å². The minimum absolute atomic E-state index is 0.0917. The molecule has 3 aromatic rings. The highest BCUT2D eigenvalue weighted by Gasteiger charge is 2.13. The Labute approximate surface area is 91.9 Å². The lowest BCUT2D eigenvalue weighted by Gasteiger charge is -2.02. The normalized spacial score (nSPS) is 11.1. The fourth-order valence-electron chi connectivity index (χ4n) is 1.95. The van der Waals surface area contributed by atoms with E-state index in [1.807, 2.05) is 30.3 Å². The van der Waals surface area contributed by atoms with Crippen molar-refractivity contribution >= 4 is 21.9 Å². The number of hydrogen-bond acceptors (Lipinski definition) is 3. The van der Waals surface area contributed by atoms with Crippen molar-refractivity contribution in [1.29, 1.82) is 0 Å². The van der Waals surface area contributed by atoms with E-state index in [9.17, 15) is 5.11 Å². The van der Waals surface area contributed by atoms with Crippen LogP contribution in [0, 0.1) is 0 Å². The summed E-state index contributed by atoms with van der Waals surface area (Å²) in [6, 6.07) is 11.2. The van der Waals surface area contributed by atoms with Crippen LogP contribution in [-0.2, 0) is 0 Å². The van der Waals surface area contributed by atoms with Crippen molar-refractivity contribution in [2.75, 3.05) is 7.11 Å². The third kappa shape index (κ3) is 1.08. The van der Waals surface area contributed by atoms with Gasteiger partial charge in [0.25, 0.3) is 0 Å². The number of rotatable bonds is 1. The minimum Gasteiger partial charge on any atom is -0.504 e. The molecule has 80 valence electrons. The van der Waals surface area contributed by atoms with Crippen LogP contribution in [0.5, 0.6) is 11.5 Å². The molecule has 3 nitrogen and oxygen atoms in total. The first-order chi connectivity index (χ1) is 7.81. The van der Waals surface area contributed by atoms with E-state index >= 15 is 0 Å². The molecule has 0 amide bonds. The Kier molecular flexibility index (Phi) is 1.80. The van der Waals surface area contributed by atoms with Crippen LogP contribution in [0.1, 0.15) is 0 Å². The summed E-state index contributed by atoms with van der Waals surface area (Å²) in [6.45, 7) is 0. The van der Waals surface area contributed by atoms with Crippen molar-refractivity contribution in [3.05, 3.63) is 36.4 Å². The predicted octanol–water partition coefficient (Wildman–Crippen LogP) is 3.30. The van der Waals surface area contributed by atoms with Crippen molar-refractivity contribution in [2.45, 2.75) is 0 Å². The van der Waals surface area contributed by atoms with Crippen molar-refractivity contribution < 1.29 is 14.3 Å². The highest BCUT2D eigenvalue weighted by Crippen LogP contribution is 2.39. The first-order valence-corrected chi connectivity index (χ1v) is 4.98. The van der Waals surface area contributed by atoms with Crippen LogP contribution in [0.4, 0.5) is 0 Å². The van der Waals surface area contributed by atoms with Crippen LogP contribution >= 0.6 is 0 Å². The third-order valence-electron chi connectivity index (χ3n) is 2.68. The van der Waals surface area contributed by atoms with Crippen LogP contribution in [0.25, 0.3) is 21.9 Å². The van der Waals surface area contributed by atoms with E-state index in [2.05, 4.69) is 0 Å². The van der Waals surface area contributed by atoms with Gasteiger partial charge in [0.2, 0.25) is 5.75 Å². The smallest absolute Gasteiger partial charge is 0.204 e. The van der Waals surface area contributed by atoms with Crippen molar-refractivity contribution in [2.24, 2.45) is 0 Å². The van der Waals surface area contributed by atoms with Gasteiger partial charge in [0.15, 0.2) is 11.3 Å². The van der Waals surface area contributed by atoms with E-state index in [4.69, 9.17) is 9.15 Å². The van der Waals surface area contributed by atoms with Gasteiger partial charge in [0.05, 0.1) is 7.11 Å². The fourth-order valence-corrected chi connectivity index (χ4v) is 1.95. The number of fused-ring (bicyclic) bond motifs is 3. The lowest BCUT2D eigenvalue weighted by atomic mass is 10.1. The van der Waals surface area contributed by atoms with E-state index in [0.717, 1.165) is 16.4 Å². The van der Waals surface area contributed by atoms with Crippen LogP contribution in [-0.4, -0.2) is 12.2 Å². The van der Waals surface area contributed by atoms with Crippen molar-refractivity contribution in [1.82, 2.24) is 0 Å². The maximum atomic E-state index is 9.65. The van der Waals surface area contributed by atoms with Gasteiger partial charge in [-0.3, -0.25) is 0 Å². The maximum Gasteiger partial charge on any atom is 0.204 e. The Morgan fingerprint density at radius 1 is 1.06 bits per heavy atom. The zero-order chi connectivity index (χ0) is 11.1. The lowest BCUT2D eigenvalue weighted by Crippen LogP contribution is -1.83. The average Bonchev–Trinajstić information content (AvgIpc) is 2.67. The molecule has 2 aromatic carbocycles. The van der Waals surface area contributed by atoms with Gasteiger partial charge in [-0.25, -0.2) is 0 Å². The second-order valence-electron chi connectivity index (χ2n) is 3.59. The minimum atomic E-state index is 0.0917. The molecule has 0 aliphatic rings. The van der Waals surface area contributed by atoms with E-state index < -0.39 is 0 Å². The molecular formula is C13H10O3. The molecule has 1 heterocycles. The van der Waals surface area contributed by atoms with E-state index in [1.54, 1.807) is 6.07 Å². The number of para-hydroxylation sites is 1. The summed E-state index contributed by atoms with van der Waals surface area (Å²) in [7, 11) is 1.52. The Hall–Kier alpha value is -2.16. The summed E-state index contributed by atoms with van der Waals surface area (Å²) in [5.74, 6) is 0.475. The maximum absolute atomic E-state index is 9.65. The summed E-state index contributed by atoms with van der Waals surface area (Å²) in [5.41, 5.74) is 1.38. The number of benzene rings is 2. The SMILES string of the molecule is COc1c(O)ccc2c1oc1ccccc12. The molecule has 0 saturated heterocycles. The van der Waals surface area contributed by atoms with Gasteiger partial charge in [-0.05, 0) is 18.2 Å². The highest BCUT2D eigenvalue weighted by molar-refractivity contribution is 6.07. The molecule has 1 aromatic heterocycles. The summed E-state index contributed by atoms with van der Waals surface area (Å²) in [4.78, 5) is 0. The first-order valence-electron chi connectivity index (χ1n) is 4.98. The standard InChI is InChI=1S/C13H10O3/c1-15-13-10(14)7-6-9-8-4-2-3-5-11(8)16-12(9)13/h2-7,14H,1H3. The van der Waals surface area contributed by atoms with E-state index in [-0.39, 0.29) is 5.75 Å². The second-order valence-corrected chi connectivity index (χ2v) is 3.59. The molecule has 3 rings (SSSR count). The Morgan fingerprint density at radius 2 is 1.88 bits per heavy atom. The molecular weight excluding hydrogens is 204 g/mol. The largest absolute Gasteiger partial charge is 0.504 e. The molecule has 0 fully saturated rings. The summed E-state index contributed by atoms with van der Waals surface area (Å²) in [5, 5.41) is 11.6. The van der Waals surface area contributed by atoms with Gasteiger partial charge in [-0.1, -0.05) is 18.2 Å². The fraction of sp³-hybridized carbons (Fsp3) is 0.0769. The lowest BCUT2D eigenvalue weighted by molar-refractivity contribution is 0.372. The van der Waals surface area contributed by atoms with Crippen LogP contribution in [0.2, 0.25) is 0 Å². The molecule has 0 radical (unpaired) electrons. The second kappa shape index (κ2) is 3.17. The predicted molar refractivity (Wildman–Crippen MR) is 61.9 cm³/mol. The summed E-state index contributed by atoms with van der Waals surface area (Å²) < 4.78 is 10.8. The van der Waals surface area contributed by atoms with Crippen LogP contribution < -0.4 is 4.74 Å². The zero-order valence-corrected chi connectivity index (χ0v) is 8.73. The van der Waals surface area contributed by atoms with Crippen LogP contribution in [0.15, 0.2) is 40.8 Å². The molecule has 1 N–H and O–H groups in total. The first kappa shape index (κ1) is 9.09. The molecule has 16 heavy (non-hydrogen) atoms. The molecule has 3 heteroatoms. The zero-order valence-electron chi connectivity index (χ0n) is 8.73. The average molecular weight is 214 g/mol. The monoisotopic (exact) mass is 214 g/mol. The molecule has 0 unspecified atom stereocenters. The van der Waals surface area contributed by atoms with Gasteiger partial charge < -0.3 is 14.3 Å². The van der Waals surface area contributed by atoms with Crippen LogP contribution in [0.3, 0.4) is 0 Å². The summed E-state index contributed by atoms with van der Waals surface area (Å²) >= 11 is 0. The molecule has 0 saturated carbocycles. The number of phenols is 1. The summed E-state index contributed by atoms with van der Waals surface area (Å²) in [6.07, 6.45) is 0. The van der Waals surface area contributed by atoms with Crippen molar-refractivity contribution in [3.63, 3.8) is 0 Å². The highest BCUT2D eigenvalue weighted by atomic mass is 16.5. The molecule has 0 aliphatic carbocycles. The molecule has 0 aliphatic heterocycles. The number of furan rings is 1. The Morgan fingerprint density at radius 3 is 2.69 bits per heavy atom. The van der Waals surface area contributed by atoms with E-state index in [0.29, 0.717) is 11.3 Å². The number of hydrogen-bond donors (Lipinski definition) is 1. The number of phenolic OH excluding ortho intramolecular Hbond substituents is 1. The van der Waals surface area contributed by atoms with Gasteiger partial charge in [0, 0.05) is 10.8 Å². The molecule has 0 atom stereocenters. The molecule has 0 bridgehead atoms. The number of methoxy groups -OCH3 is 1. The van der Waals surface area contributed by atoms with Gasteiger partial charge in [-0.2, -0.15) is 0 Å².